The fraction of sp³-hybridized carbons (Fsp3) is 0.0667. The number of aromatic amines is 1. The first kappa shape index (κ1) is 12.2. The van der Waals surface area contributed by atoms with Gasteiger partial charge in [0.15, 0.2) is 0 Å². The molecule has 100 valence electrons. The molecule has 5 nitrogen and oxygen atoms in total. The van der Waals surface area contributed by atoms with Crippen LogP contribution in [0.4, 0.5) is 5.82 Å². The van der Waals surface area contributed by atoms with E-state index in [2.05, 4.69) is 10.1 Å². The first-order valence-corrected chi connectivity index (χ1v) is 6.25. The van der Waals surface area contributed by atoms with E-state index in [1.165, 1.54) is 6.20 Å². The molecule has 0 unspecified atom stereocenters. The molecule has 5 heteroatoms. The molecule has 0 aliphatic heterocycles. The van der Waals surface area contributed by atoms with Gasteiger partial charge in [-0.25, -0.2) is 4.68 Å². The summed E-state index contributed by atoms with van der Waals surface area (Å²) in [6.07, 6.45) is 3.20. The van der Waals surface area contributed by atoms with Gasteiger partial charge in [-0.1, -0.05) is 17.7 Å². The summed E-state index contributed by atoms with van der Waals surface area (Å²) in [4.78, 5) is 15.1. The summed E-state index contributed by atoms with van der Waals surface area (Å²) in [6.45, 7) is 2.01. The zero-order chi connectivity index (χ0) is 14.1. The van der Waals surface area contributed by atoms with Gasteiger partial charge in [0.05, 0.1) is 23.1 Å². The Morgan fingerprint density at radius 2 is 2.00 bits per heavy atom. The highest BCUT2D eigenvalue weighted by Crippen LogP contribution is 2.19. The lowest BCUT2D eigenvalue weighted by Gasteiger charge is -2.05. The number of hydrogen-bond acceptors (Lipinski definition) is 3. The number of rotatable bonds is 3. The Kier molecular flexibility index (Phi) is 2.87. The van der Waals surface area contributed by atoms with E-state index < -0.39 is 0 Å². The summed E-state index contributed by atoms with van der Waals surface area (Å²) >= 11 is 0. The van der Waals surface area contributed by atoms with Crippen molar-refractivity contribution in [1.82, 2.24) is 14.8 Å². The molecule has 0 atom stereocenters. The summed E-state index contributed by atoms with van der Waals surface area (Å²) in [5.74, 6) is 0.180. The third kappa shape index (κ3) is 1.99. The average molecular weight is 266 g/mol. The predicted molar refractivity (Wildman–Crippen MR) is 76.9 cm³/mol. The van der Waals surface area contributed by atoms with E-state index >= 15 is 0 Å². The molecule has 0 fully saturated rings. The zero-order valence-electron chi connectivity index (χ0n) is 11.0. The lowest BCUT2D eigenvalue weighted by molar-refractivity contribution is 0.103. The Morgan fingerprint density at radius 1 is 1.25 bits per heavy atom. The molecular formula is C15H14N4O. The number of nitrogen functional groups attached to an aromatic ring is 1. The minimum Gasteiger partial charge on any atom is -0.383 e. The number of hydrogen-bond donors (Lipinski definition) is 2. The van der Waals surface area contributed by atoms with Crippen molar-refractivity contribution in [2.75, 3.05) is 5.73 Å². The summed E-state index contributed by atoms with van der Waals surface area (Å²) in [5, 5.41) is 4.20. The highest BCUT2D eigenvalue weighted by molar-refractivity contribution is 6.10. The van der Waals surface area contributed by atoms with Crippen molar-refractivity contribution < 1.29 is 4.79 Å². The number of nitrogens with zero attached hydrogens (tertiary/aromatic N) is 2. The van der Waals surface area contributed by atoms with Gasteiger partial charge < -0.3 is 10.7 Å². The first-order valence-electron chi connectivity index (χ1n) is 6.25. The quantitative estimate of drug-likeness (QED) is 0.714. The fourth-order valence-corrected chi connectivity index (χ4v) is 2.04. The molecule has 3 rings (SSSR count). The second kappa shape index (κ2) is 4.70. The molecule has 0 radical (unpaired) electrons. The number of anilines is 1. The van der Waals surface area contributed by atoms with Crippen LogP contribution in [0.15, 0.2) is 48.8 Å². The van der Waals surface area contributed by atoms with Gasteiger partial charge in [-0.2, -0.15) is 5.10 Å². The lowest BCUT2D eigenvalue weighted by atomic mass is 10.1. The third-order valence-corrected chi connectivity index (χ3v) is 3.17. The highest BCUT2D eigenvalue weighted by Gasteiger charge is 2.18. The Bertz CT molecular complexity index is 739. The van der Waals surface area contributed by atoms with Crippen LogP contribution in [0.1, 0.15) is 21.6 Å². The second-order valence-electron chi connectivity index (χ2n) is 4.60. The van der Waals surface area contributed by atoms with E-state index in [4.69, 9.17) is 5.73 Å². The monoisotopic (exact) mass is 266 g/mol. The normalized spacial score (nSPS) is 10.7. The molecule has 0 aliphatic carbocycles. The average Bonchev–Trinajstić information content (AvgIpc) is 3.09. The molecule has 20 heavy (non-hydrogen) atoms. The smallest absolute Gasteiger partial charge is 0.214 e. The van der Waals surface area contributed by atoms with Crippen LogP contribution in [0.5, 0.6) is 0 Å². The topological polar surface area (TPSA) is 76.7 Å². The van der Waals surface area contributed by atoms with Crippen LogP contribution in [0.25, 0.3) is 5.69 Å². The minimum atomic E-state index is -0.161. The molecule has 0 bridgehead atoms. The molecule has 3 N–H and O–H groups in total. The van der Waals surface area contributed by atoms with Gasteiger partial charge in [0.25, 0.3) is 0 Å². The van der Waals surface area contributed by atoms with E-state index in [0.717, 1.165) is 11.3 Å². The van der Waals surface area contributed by atoms with Gasteiger partial charge >= 0.3 is 0 Å². The number of H-pyrrole nitrogens is 1. The van der Waals surface area contributed by atoms with E-state index in [9.17, 15) is 4.79 Å². The van der Waals surface area contributed by atoms with E-state index in [0.29, 0.717) is 17.1 Å². The van der Waals surface area contributed by atoms with Crippen molar-refractivity contribution in [2.45, 2.75) is 6.92 Å². The Labute approximate surface area is 116 Å². The van der Waals surface area contributed by atoms with E-state index in [1.54, 1.807) is 23.0 Å². The number of ketones is 1. The molecule has 2 heterocycles. The number of nitrogens with two attached hydrogens (primary N) is 1. The van der Waals surface area contributed by atoms with Gasteiger partial charge in [-0.05, 0) is 31.2 Å². The minimum absolute atomic E-state index is 0.161. The Hall–Kier alpha value is -2.82. The molecule has 0 amide bonds. The number of carbonyl (C=O) groups excluding carboxylic acids is 1. The van der Waals surface area contributed by atoms with Crippen LogP contribution >= 0.6 is 0 Å². The molecule has 0 saturated heterocycles. The highest BCUT2D eigenvalue weighted by atomic mass is 16.1. The summed E-state index contributed by atoms with van der Waals surface area (Å²) < 4.78 is 1.57. The zero-order valence-corrected chi connectivity index (χ0v) is 11.0. The van der Waals surface area contributed by atoms with Gasteiger partial charge in [0, 0.05) is 6.20 Å². The molecule has 2 aromatic heterocycles. The van der Waals surface area contributed by atoms with Crippen LogP contribution in [0.2, 0.25) is 0 Å². The van der Waals surface area contributed by atoms with Crippen LogP contribution in [0, 0.1) is 6.92 Å². The van der Waals surface area contributed by atoms with Crippen molar-refractivity contribution in [1.29, 1.82) is 0 Å². The first-order chi connectivity index (χ1) is 9.66. The van der Waals surface area contributed by atoms with E-state index in [1.807, 2.05) is 31.2 Å². The molecular weight excluding hydrogens is 252 g/mol. The number of carbonyl (C=O) groups is 1. The fourth-order valence-electron chi connectivity index (χ4n) is 2.04. The van der Waals surface area contributed by atoms with Gasteiger partial charge in [-0.15, -0.1) is 0 Å². The van der Waals surface area contributed by atoms with Crippen molar-refractivity contribution in [3.05, 3.63) is 65.6 Å². The van der Waals surface area contributed by atoms with E-state index in [-0.39, 0.29) is 5.78 Å². The molecule has 3 aromatic rings. The number of aryl methyl sites for hydroxylation is 1. The van der Waals surface area contributed by atoms with Crippen LogP contribution in [-0.2, 0) is 0 Å². The van der Waals surface area contributed by atoms with Gasteiger partial charge in [0.2, 0.25) is 5.78 Å². The Morgan fingerprint density at radius 3 is 2.65 bits per heavy atom. The number of benzene rings is 1. The predicted octanol–water partition coefficient (Wildman–Crippen LogP) is 2.32. The van der Waals surface area contributed by atoms with Crippen molar-refractivity contribution in [2.24, 2.45) is 0 Å². The largest absolute Gasteiger partial charge is 0.383 e. The van der Waals surface area contributed by atoms with Crippen molar-refractivity contribution in [3.63, 3.8) is 0 Å². The van der Waals surface area contributed by atoms with Crippen LogP contribution in [0.3, 0.4) is 0 Å². The third-order valence-electron chi connectivity index (χ3n) is 3.17. The molecule has 0 aliphatic rings. The molecule has 1 aromatic carbocycles. The maximum atomic E-state index is 12.3. The van der Waals surface area contributed by atoms with Gasteiger partial charge in [0.1, 0.15) is 5.82 Å². The standard InChI is InChI=1S/C15H14N4O/c1-10-4-6-11(7-5-10)19-15(16)12(9-18-19)14(20)13-3-2-8-17-13/h2-9,17H,16H2,1H3. The number of nitrogens with one attached hydrogen (secondary N) is 1. The van der Waals surface area contributed by atoms with Crippen LogP contribution < -0.4 is 5.73 Å². The maximum absolute atomic E-state index is 12.3. The Balaban J connectivity index is 2.01. The van der Waals surface area contributed by atoms with Crippen molar-refractivity contribution >= 4 is 11.6 Å². The molecule has 0 saturated carbocycles. The molecule has 0 spiro atoms. The maximum Gasteiger partial charge on any atom is 0.214 e. The van der Waals surface area contributed by atoms with Gasteiger partial charge in [-0.3, -0.25) is 4.79 Å². The van der Waals surface area contributed by atoms with Crippen molar-refractivity contribution in [3.8, 4) is 5.69 Å². The summed E-state index contributed by atoms with van der Waals surface area (Å²) in [5.41, 5.74) is 8.93. The second-order valence-corrected chi connectivity index (χ2v) is 4.60. The summed E-state index contributed by atoms with van der Waals surface area (Å²) in [6, 6.07) is 11.3. The lowest BCUT2D eigenvalue weighted by Crippen LogP contribution is -2.07. The number of aromatic nitrogens is 3. The van der Waals surface area contributed by atoms with Crippen LogP contribution in [-0.4, -0.2) is 20.5 Å². The SMILES string of the molecule is Cc1ccc(-n2ncc(C(=O)c3ccc[nH]3)c2N)cc1. The summed E-state index contributed by atoms with van der Waals surface area (Å²) in [7, 11) is 0.